The molecule has 3 aromatic rings. The number of carbonyl (C=O) groups excluding carboxylic acids is 1. The van der Waals surface area contributed by atoms with Crippen molar-refractivity contribution in [2.75, 3.05) is 63.2 Å². The number of fused-ring (bicyclic) bond motifs is 2. The van der Waals surface area contributed by atoms with Crippen LogP contribution in [0.5, 0.6) is 6.01 Å². The number of aromatic nitrogens is 2. The van der Waals surface area contributed by atoms with E-state index in [1.807, 2.05) is 14.1 Å². The van der Waals surface area contributed by atoms with Gasteiger partial charge in [-0.3, -0.25) is 4.79 Å². The lowest BCUT2D eigenvalue weighted by Gasteiger charge is -2.42. The van der Waals surface area contributed by atoms with Crippen molar-refractivity contribution in [2.24, 2.45) is 0 Å². The van der Waals surface area contributed by atoms with Gasteiger partial charge in [0.15, 0.2) is 0 Å². The van der Waals surface area contributed by atoms with Gasteiger partial charge in [-0.25, -0.2) is 0 Å². The van der Waals surface area contributed by atoms with Crippen LogP contribution in [0.4, 0.5) is 11.5 Å². The Labute approximate surface area is 236 Å². The molecule has 0 saturated carbocycles. The minimum absolute atomic E-state index is 0.140. The molecular formula is C31H37N7O2. The number of carbonyl (C=O) groups is 1. The van der Waals surface area contributed by atoms with E-state index < -0.39 is 0 Å². The zero-order chi connectivity index (χ0) is 28.2. The van der Waals surface area contributed by atoms with Crippen molar-refractivity contribution in [1.82, 2.24) is 19.8 Å². The summed E-state index contributed by atoms with van der Waals surface area (Å²) in [7, 11) is 4.01. The zero-order valence-corrected chi connectivity index (χ0v) is 23.6. The van der Waals surface area contributed by atoms with E-state index in [1.165, 1.54) is 28.1 Å². The van der Waals surface area contributed by atoms with Gasteiger partial charge in [0, 0.05) is 49.4 Å². The molecule has 40 heavy (non-hydrogen) atoms. The molecule has 9 nitrogen and oxygen atoms in total. The molecular weight excluding hydrogens is 502 g/mol. The number of rotatable bonds is 8. The average Bonchev–Trinajstić information content (AvgIpc) is 2.96. The van der Waals surface area contributed by atoms with Crippen molar-refractivity contribution < 1.29 is 9.53 Å². The van der Waals surface area contributed by atoms with E-state index in [1.54, 1.807) is 4.90 Å². The first-order valence-corrected chi connectivity index (χ1v) is 13.8. The van der Waals surface area contributed by atoms with Crippen LogP contribution in [0.3, 0.4) is 0 Å². The average molecular weight is 540 g/mol. The monoisotopic (exact) mass is 539 g/mol. The van der Waals surface area contributed by atoms with Gasteiger partial charge in [-0.05, 0) is 50.5 Å². The Morgan fingerprint density at radius 2 is 1.98 bits per heavy atom. The number of amides is 1. The molecule has 1 unspecified atom stereocenters. The number of ether oxygens (including phenoxy) is 1. The summed E-state index contributed by atoms with van der Waals surface area (Å²) in [5, 5.41) is 12.0. The number of likely N-dealkylation sites (N-methyl/N-ethyl adjacent to an activating group) is 1. The second-order valence-electron chi connectivity index (χ2n) is 10.7. The molecule has 3 heterocycles. The van der Waals surface area contributed by atoms with Crippen molar-refractivity contribution in [2.45, 2.75) is 32.4 Å². The standard InChI is InChI=1S/C31H37N7O2/c1-5-28(39)38-17-16-37(20-24(38)12-14-32)30-25-13-15-36(21-26(25)33-31(34-30)40-19-18-35(3)4)27-11-7-10-23-9-6-8-22(2)29(23)27/h5-11,24H,1,12-13,15-21H2,2-4H3. The Bertz CT molecular complexity index is 1440. The number of nitrogens with zero attached hydrogens (tertiary/aromatic N) is 7. The van der Waals surface area contributed by atoms with E-state index in [-0.39, 0.29) is 18.4 Å². The molecule has 0 N–H and O–H groups in total. The molecule has 1 amide bonds. The third kappa shape index (κ3) is 5.58. The number of hydrogen-bond donors (Lipinski definition) is 0. The second kappa shape index (κ2) is 11.9. The van der Waals surface area contributed by atoms with Crippen molar-refractivity contribution in [1.29, 1.82) is 5.26 Å². The fraction of sp³-hybridized carbons (Fsp3) is 0.419. The van der Waals surface area contributed by atoms with E-state index in [9.17, 15) is 10.1 Å². The predicted octanol–water partition coefficient (Wildman–Crippen LogP) is 3.56. The van der Waals surface area contributed by atoms with Crippen molar-refractivity contribution >= 4 is 28.2 Å². The Kier molecular flexibility index (Phi) is 8.17. The molecule has 0 radical (unpaired) electrons. The van der Waals surface area contributed by atoms with Crippen LogP contribution in [0.15, 0.2) is 49.1 Å². The highest BCUT2D eigenvalue weighted by Crippen LogP contribution is 2.35. The summed E-state index contributed by atoms with van der Waals surface area (Å²) in [5.41, 5.74) is 4.54. The number of benzene rings is 2. The van der Waals surface area contributed by atoms with E-state index >= 15 is 0 Å². The van der Waals surface area contributed by atoms with Gasteiger partial charge in [-0.2, -0.15) is 15.2 Å². The summed E-state index contributed by atoms with van der Waals surface area (Å²) >= 11 is 0. The lowest BCUT2D eigenvalue weighted by Crippen LogP contribution is -2.55. The second-order valence-corrected chi connectivity index (χ2v) is 10.7. The Morgan fingerprint density at radius 3 is 2.73 bits per heavy atom. The number of nitriles is 1. The largest absolute Gasteiger partial charge is 0.462 e. The van der Waals surface area contributed by atoms with E-state index in [4.69, 9.17) is 14.7 Å². The molecule has 2 aromatic carbocycles. The molecule has 0 aliphatic carbocycles. The van der Waals surface area contributed by atoms with Gasteiger partial charge in [-0.15, -0.1) is 0 Å². The first-order chi connectivity index (χ1) is 19.4. The van der Waals surface area contributed by atoms with Gasteiger partial charge in [0.25, 0.3) is 0 Å². The van der Waals surface area contributed by atoms with Gasteiger partial charge in [-0.1, -0.05) is 36.9 Å². The van der Waals surface area contributed by atoms with Gasteiger partial charge >= 0.3 is 6.01 Å². The van der Waals surface area contributed by atoms with Crippen LogP contribution in [-0.4, -0.2) is 85.1 Å². The van der Waals surface area contributed by atoms with Gasteiger partial charge in [0.05, 0.1) is 30.8 Å². The van der Waals surface area contributed by atoms with E-state index in [2.05, 4.69) is 70.7 Å². The SMILES string of the molecule is C=CC(=O)N1CCN(c2nc(OCCN(C)C)nc3c2CCN(c2cccc4cccc(C)c24)C3)CC1CC#N. The molecule has 208 valence electrons. The quantitative estimate of drug-likeness (QED) is 0.402. The van der Waals surface area contributed by atoms with Crippen LogP contribution in [0.2, 0.25) is 0 Å². The third-order valence-corrected chi connectivity index (χ3v) is 7.79. The Hall–Kier alpha value is -4.16. The summed E-state index contributed by atoms with van der Waals surface area (Å²) in [6, 6.07) is 15.3. The van der Waals surface area contributed by atoms with E-state index in [0.717, 1.165) is 36.6 Å². The molecule has 2 aliphatic heterocycles. The predicted molar refractivity (Wildman–Crippen MR) is 158 cm³/mol. The summed E-state index contributed by atoms with van der Waals surface area (Å²) in [5.74, 6) is 0.714. The lowest BCUT2D eigenvalue weighted by atomic mass is 9.99. The summed E-state index contributed by atoms with van der Waals surface area (Å²) in [6.07, 6.45) is 2.37. The topological polar surface area (TPSA) is 88.8 Å². The molecule has 1 atom stereocenters. The molecule has 1 fully saturated rings. The fourth-order valence-corrected chi connectivity index (χ4v) is 5.74. The van der Waals surface area contributed by atoms with Crippen LogP contribution in [-0.2, 0) is 17.8 Å². The lowest BCUT2D eigenvalue weighted by molar-refractivity contribution is -0.128. The summed E-state index contributed by atoms with van der Waals surface area (Å²) in [4.78, 5) is 30.7. The van der Waals surface area contributed by atoms with Crippen molar-refractivity contribution in [3.8, 4) is 12.1 Å². The summed E-state index contributed by atoms with van der Waals surface area (Å²) in [6.45, 7) is 10.2. The Balaban J connectivity index is 1.49. The number of hydrogen-bond acceptors (Lipinski definition) is 8. The fourth-order valence-electron chi connectivity index (χ4n) is 5.74. The highest BCUT2D eigenvalue weighted by Gasteiger charge is 2.33. The highest BCUT2D eigenvalue weighted by molar-refractivity contribution is 5.97. The minimum Gasteiger partial charge on any atom is -0.462 e. The van der Waals surface area contributed by atoms with Crippen molar-refractivity contribution in [3.63, 3.8) is 0 Å². The number of aryl methyl sites for hydroxylation is 1. The van der Waals surface area contributed by atoms with E-state index in [0.29, 0.717) is 38.8 Å². The maximum atomic E-state index is 12.5. The highest BCUT2D eigenvalue weighted by atomic mass is 16.5. The first-order valence-electron chi connectivity index (χ1n) is 13.8. The zero-order valence-electron chi connectivity index (χ0n) is 23.6. The molecule has 0 bridgehead atoms. The molecule has 5 rings (SSSR count). The smallest absolute Gasteiger partial charge is 0.318 e. The van der Waals surface area contributed by atoms with Crippen LogP contribution in [0.1, 0.15) is 23.2 Å². The molecule has 0 spiro atoms. The first kappa shape index (κ1) is 27.4. The van der Waals surface area contributed by atoms with Crippen LogP contribution >= 0.6 is 0 Å². The van der Waals surface area contributed by atoms with Crippen LogP contribution in [0.25, 0.3) is 10.8 Å². The van der Waals surface area contributed by atoms with Gasteiger partial charge in [0.2, 0.25) is 5.91 Å². The number of anilines is 2. The maximum absolute atomic E-state index is 12.5. The van der Waals surface area contributed by atoms with Gasteiger partial charge in [0.1, 0.15) is 12.4 Å². The molecule has 1 aromatic heterocycles. The van der Waals surface area contributed by atoms with Crippen molar-refractivity contribution in [3.05, 3.63) is 65.9 Å². The molecule has 1 saturated heterocycles. The maximum Gasteiger partial charge on any atom is 0.318 e. The number of piperazine rings is 1. The third-order valence-electron chi connectivity index (χ3n) is 7.79. The van der Waals surface area contributed by atoms with Gasteiger partial charge < -0.3 is 24.3 Å². The molecule has 2 aliphatic rings. The minimum atomic E-state index is -0.230. The normalized spacial score (nSPS) is 17.1. The Morgan fingerprint density at radius 1 is 1.18 bits per heavy atom. The molecule has 9 heteroatoms. The van der Waals surface area contributed by atoms with Crippen LogP contribution < -0.4 is 14.5 Å². The summed E-state index contributed by atoms with van der Waals surface area (Å²) < 4.78 is 6.06. The van der Waals surface area contributed by atoms with Crippen LogP contribution in [0, 0.1) is 18.3 Å².